The predicted octanol–water partition coefficient (Wildman–Crippen LogP) is 4.63. The van der Waals surface area contributed by atoms with Crippen LogP contribution in [0.4, 0.5) is 0 Å². The van der Waals surface area contributed by atoms with Gasteiger partial charge >= 0.3 is 0 Å². The van der Waals surface area contributed by atoms with Crippen molar-refractivity contribution in [1.29, 1.82) is 0 Å². The van der Waals surface area contributed by atoms with Crippen LogP contribution < -0.4 is 5.32 Å². The fourth-order valence-electron chi connectivity index (χ4n) is 4.11. The van der Waals surface area contributed by atoms with Gasteiger partial charge in [0.15, 0.2) is 0 Å². The van der Waals surface area contributed by atoms with Gasteiger partial charge in [-0.1, -0.05) is 53.5 Å². The summed E-state index contributed by atoms with van der Waals surface area (Å²) in [4.78, 5) is 33.3. The second-order valence-corrected chi connectivity index (χ2v) is 8.63. The number of methoxy groups -OCH3 is 1. The van der Waals surface area contributed by atoms with Crippen LogP contribution in [-0.4, -0.2) is 42.0 Å². The van der Waals surface area contributed by atoms with E-state index in [1.165, 1.54) is 6.20 Å². The summed E-state index contributed by atoms with van der Waals surface area (Å²) in [5, 5.41) is 4.03. The van der Waals surface area contributed by atoms with Gasteiger partial charge in [0.1, 0.15) is 0 Å². The summed E-state index contributed by atoms with van der Waals surface area (Å²) in [6.07, 6.45) is 1.53. The Hall–Kier alpha value is -2.93. The largest absolute Gasteiger partial charge is 0.383 e. The molecule has 0 fully saturated rings. The first-order valence-corrected chi connectivity index (χ1v) is 11.3. The summed E-state index contributed by atoms with van der Waals surface area (Å²) in [7, 11) is 1.58. The van der Waals surface area contributed by atoms with Crippen LogP contribution in [0.5, 0.6) is 0 Å². The van der Waals surface area contributed by atoms with Crippen LogP contribution in [0.15, 0.2) is 66.9 Å². The molecule has 4 rings (SSSR count). The SMILES string of the molecule is COCCNC(=O)C1c2ccccc2C(=O)N(Cc2ccc(Cl)cc2)C1c1ccc(Cl)cn1. The molecule has 1 aliphatic rings. The van der Waals surface area contributed by atoms with Gasteiger partial charge in [-0.15, -0.1) is 0 Å². The van der Waals surface area contributed by atoms with Gasteiger partial charge in [-0.2, -0.15) is 0 Å². The van der Waals surface area contributed by atoms with E-state index in [-0.39, 0.29) is 11.8 Å². The van der Waals surface area contributed by atoms with Crippen molar-refractivity contribution < 1.29 is 14.3 Å². The van der Waals surface area contributed by atoms with Crippen LogP contribution in [0.25, 0.3) is 0 Å². The van der Waals surface area contributed by atoms with Crippen LogP contribution in [0.1, 0.15) is 39.1 Å². The number of rotatable bonds is 7. The highest BCUT2D eigenvalue weighted by Gasteiger charge is 2.44. The van der Waals surface area contributed by atoms with E-state index in [1.807, 2.05) is 24.3 Å². The third-order valence-corrected chi connectivity index (χ3v) is 6.12. The lowest BCUT2D eigenvalue weighted by molar-refractivity contribution is -0.124. The van der Waals surface area contributed by atoms with Gasteiger partial charge in [0.05, 0.1) is 29.3 Å². The molecule has 2 aromatic carbocycles. The fraction of sp³-hybridized carbons (Fsp3) is 0.240. The minimum atomic E-state index is -0.656. The van der Waals surface area contributed by atoms with E-state index >= 15 is 0 Å². The molecule has 2 amide bonds. The molecule has 0 aliphatic carbocycles. The Morgan fingerprint density at radius 2 is 1.79 bits per heavy atom. The Morgan fingerprint density at radius 1 is 1.06 bits per heavy atom. The molecule has 3 aromatic rings. The number of carbonyl (C=O) groups excluding carboxylic acids is 2. The molecule has 33 heavy (non-hydrogen) atoms. The zero-order valence-corrected chi connectivity index (χ0v) is 19.5. The quantitative estimate of drug-likeness (QED) is 0.497. The van der Waals surface area contributed by atoms with Gasteiger partial charge in [-0.25, -0.2) is 0 Å². The number of amides is 2. The molecular weight excluding hydrogens is 461 g/mol. The van der Waals surface area contributed by atoms with E-state index in [0.29, 0.717) is 46.6 Å². The molecule has 2 heterocycles. The summed E-state index contributed by atoms with van der Waals surface area (Å²) in [5.74, 6) is -1.02. The molecule has 170 valence electrons. The van der Waals surface area contributed by atoms with Gasteiger partial charge in [0, 0.05) is 37.0 Å². The number of hydrogen-bond acceptors (Lipinski definition) is 4. The Labute approximate surface area is 202 Å². The summed E-state index contributed by atoms with van der Waals surface area (Å²) < 4.78 is 5.08. The highest BCUT2D eigenvalue weighted by atomic mass is 35.5. The average molecular weight is 484 g/mol. The van der Waals surface area contributed by atoms with Crippen LogP contribution in [-0.2, 0) is 16.1 Å². The monoisotopic (exact) mass is 483 g/mol. The normalized spacial score (nSPS) is 17.5. The standard InChI is InChI=1S/C25H23Cl2N3O3/c1-33-13-12-28-24(31)22-19-4-2-3-5-20(19)25(32)30(15-16-6-8-17(26)9-7-16)23(22)21-11-10-18(27)14-29-21/h2-11,14,22-23H,12-13,15H2,1H3,(H,28,31). The number of nitrogens with one attached hydrogen (secondary N) is 1. The number of fused-ring (bicyclic) bond motifs is 1. The van der Waals surface area contributed by atoms with E-state index in [1.54, 1.807) is 48.4 Å². The van der Waals surface area contributed by atoms with Crippen molar-refractivity contribution in [3.63, 3.8) is 0 Å². The van der Waals surface area contributed by atoms with E-state index in [2.05, 4.69) is 10.3 Å². The second kappa shape index (κ2) is 10.3. The number of benzene rings is 2. The van der Waals surface area contributed by atoms with Gasteiger partial charge in [0.25, 0.3) is 5.91 Å². The maximum Gasteiger partial charge on any atom is 0.255 e. The minimum absolute atomic E-state index is 0.164. The molecule has 1 aliphatic heterocycles. The number of aromatic nitrogens is 1. The molecule has 0 radical (unpaired) electrons. The maximum absolute atomic E-state index is 13.7. The molecule has 6 nitrogen and oxygen atoms in total. The van der Waals surface area contributed by atoms with Crippen molar-refractivity contribution in [3.05, 3.63) is 99.3 Å². The van der Waals surface area contributed by atoms with Crippen LogP contribution in [0, 0.1) is 0 Å². The first-order chi connectivity index (χ1) is 16.0. The van der Waals surface area contributed by atoms with E-state index < -0.39 is 12.0 Å². The summed E-state index contributed by atoms with van der Waals surface area (Å²) in [6.45, 7) is 1.04. The van der Waals surface area contributed by atoms with Crippen molar-refractivity contribution in [1.82, 2.24) is 15.2 Å². The summed E-state index contributed by atoms with van der Waals surface area (Å²) in [6, 6.07) is 17.4. The van der Waals surface area contributed by atoms with Crippen LogP contribution >= 0.6 is 23.2 Å². The molecule has 0 bridgehead atoms. The predicted molar refractivity (Wildman–Crippen MR) is 127 cm³/mol. The van der Waals surface area contributed by atoms with E-state index in [0.717, 1.165) is 5.56 Å². The zero-order chi connectivity index (χ0) is 23.4. The first kappa shape index (κ1) is 23.2. The van der Waals surface area contributed by atoms with Crippen molar-refractivity contribution in [2.24, 2.45) is 0 Å². The number of hydrogen-bond donors (Lipinski definition) is 1. The number of pyridine rings is 1. The van der Waals surface area contributed by atoms with Crippen LogP contribution in [0.3, 0.4) is 0 Å². The fourth-order valence-corrected chi connectivity index (χ4v) is 4.35. The van der Waals surface area contributed by atoms with Crippen LogP contribution in [0.2, 0.25) is 10.0 Å². The van der Waals surface area contributed by atoms with Crippen molar-refractivity contribution >= 4 is 35.0 Å². The van der Waals surface area contributed by atoms with Gasteiger partial charge in [0.2, 0.25) is 5.91 Å². The van der Waals surface area contributed by atoms with Crippen molar-refractivity contribution in [3.8, 4) is 0 Å². The molecule has 1 N–H and O–H groups in total. The lowest BCUT2D eigenvalue weighted by atomic mass is 9.80. The molecule has 1 aromatic heterocycles. The summed E-state index contributed by atoms with van der Waals surface area (Å²) >= 11 is 12.1. The van der Waals surface area contributed by atoms with Crippen molar-refractivity contribution in [2.75, 3.05) is 20.3 Å². The zero-order valence-electron chi connectivity index (χ0n) is 18.0. The smallest absolute Gasteiger partial charge is 0.255 e. The highest BCUT2D eigenvalue weighted by molar-refractivity contribution is 6.30. The van der Waals surface area contributed by atoms with Gasteiger partial charge < -0.3 is 15.0 Å². The first-order valence-electron chi connectivity index (χ1n) is 10.5. The average Bonchev–Trinajstić information content (AvgIpc) is 2.82. The number of nitrogens with zero attached hydrogens (tertiary/aromatic N) is 2. The molecule has 2 unspecified atom stereocenters. The highest BCUT2D eigenvalue weighted by Crippen LogP contribution is 2.43. The molecule has 2 atom stereocenters. The number of halogens is 2. The van der Waals surface area contributed by atoms with Crippen molar-refractivity contribution in [2.45, 2.75) is 18.5 Å². The molecule has 0 saturated heterocycles. The lowest BCUT2D eigenvalue weighted by Gasteiger charge is -2.41. The molecule has 0 spiro atoms. The van der Waals surface area contributed by atoms with Gasteiger partial charge in [-0.3, -0.25) is 14.6 Å². The molecular formula is C25H23Cl2N3O3. The molecule has 0 saturated carbocycles. The lowest BCUT2D eigenvalue weighted by Crippen LogP contribution is -2.47. The second-order valence-electron chi connectivity index (χ2n) is 7.75. The Bertz CT molecular complexity index is 1140. The summed E-state index contributed by atoms with van der Waals surface area (Å²) in [5.41, 5.74) is 2.66. The number of ether oxygens (including phenoxy) is 1. The Morgan fingerprint density at radius 3 is 2.48 bits per heavy atom. The Kier molecular flexibility index (Phi) is 7.28. The molecule has 8 heteroatoms. The topological polar surface area (TPSA) is 71.5 Å². The third-order valence-electron chi connectivity index (χ3n) is 5.65. The third kappa shape index (κ3) is 5.03. The van der Waals surface area contributed by atoms with E-state index in [4.69, 9.17) is 27.9 Å². The maximum atomic E-state index is 13.7. The number of carbonyl (C=O) groups is 2. The van der Waals surface area contributed by atoms with E-state index in [9.17, 15) is 9.59 Å². The van der Waals surface area contributed by atoms with Gasteiger partial charge in [-0.05, 0) is 41.5 Å². The Balaban J connectivity index is 1.82. The minimum Gasteiger partial charge on any atom is -0.383 e.